The predicted octanol–water partition coefficient (Wildman–Crippen LogP) is 2.06. The van der Waals surface area contributed by atoms with Gasteiger partial charge in [-0.05, 0) is 24.6 Å². The molecule has 1 rings (SSSR count). The third-order valence-electron chi connectivity index (χ3n) is 2.92. The summed E-state index contributed by atoms with van der Waals surface area (Å²) in [5, 5.41) is 3.33. The molecule has 0 aliphatic rings. The van der Waals surface area contributed by atoms with Gasteiger partial charge >= 0.3 is 0 Å². The highest BCUT2D eigenvalue weighted by molar-refractivity contribution is 7.86. The summed E-state index contributed by atoms with van der Waals surface area (Å²) in [5.41, 5.74) is 9.04. The van der Waals surface area contributed by atoms with Crippen LogP contribution in [-0.2, 0) is 28.5 Å². The molecule has 0 bridgehead atoms. The van der Waals surface area contributed by atoms with E-state index in [2.05, 4.69) is 10.0 Å². The van der Waals surface area contributed by atoms with Crippen LogP contribution in [0.1, 0.15) is 5.56 Å². The van der Waals surface area contributed by atoms with Crippen molar-refractivity contribution >= 4 is 10.1 Å². The number of ether oxygens (including phenoxy) is 3. The molecule has 0 N–H and O–H groups in total. The Morgan fingerprint density at radius 3 is 2.00 bits per heavy atom. The van der Waals surface area contributed by atoms with Crippen LogP contribution in [0.3, 0.4) is 0 Å². The van der Waals surface area contributed by atoms with E-state index >= 15 is 0 Å². The first-order valence-corrected chi connectivity index (χ1v) is 9.17. The van der Waals surface area contributed by atoms with Gasteiger partial charge in [0, 0.05) is 11.5 Å². The van der Waals surface area contributed by atoms with Crippen LogP contribution >= 0.6 is 0 Å². The third-order valence-corrected chi connectivity index (χ3v) is 4.25. The first kappa shape index (κ1) is 21.4. The molecule has 0 aromatic heterocycles. The molecule has 0 heterocycles. The van der Waals surface area contributed by atoms with E-state index in [0.29, 0.717) is 39.6 Å². The van der Waals surface area contributed by atoms with Gasteiger partial charge < -0.3 is 14.2 Å². The Bertz CT molecular complexity index is 629. The second kappa shape index (κ2) is 12.6. The molecule has 0 unspecified atom stereocenters. The first-order chi connectivity index (χ1) is 12.1. The summed E-state index contributed by atoms with van der Waals surface area (Å²) in [7, 11) is -3.75. The Hall–Kier alpha value is -1.68. The molecule has 0 atom stereocenters. The lowest BCUT2D eigenvalue weighted by molar-refractivity contribution is 0.0109. The maximum Gasteiger partial charge on any atom is 0.297 e. The second-order valence-electron chi connectivity index (χ2n) is 4.88. The molecule has 0 fully saturated rings. The fourth-order valence-corrected chi connectivity index (χ4v) is 2.56. The van der Waals surface area contributed by atoms with Crippen molar-refractivity contribution in [1.82, 2.24) is 0 Å². The van der Waals surface area contributed by atoms with Gasteiger partial charge in [-0.1, -0.05) is 22.8 Å². The van der Waals surface area contributed by atoms with Gasteiger partial charge in [0.15, 0.2) is 0 Å². The fraction of sp³-hybridized carbons (Fsp3) is 0.600. The zero-order valence-corrected chi connectivity index (χ0v) is 15.0. The summed E-state index contributed by atoms with van der Waals surface area (Å²) >= 11 is 0. The molecule has 0 saturated carbocycles. The van der Waals surface area contributed by atoms with Crippen LogP contribution in [0.5, 0.6) is 0 Å². The van der Waals surface area contributed by atoms with Gasteiger partial charge in [0.25, 0.3) is 10.1 Å². The van der Waals surface area contributed by atoms with Crippen molar-refractivity contribution in [2.75, 3.05) is 52.8 Å². The van der Waals surface area contributed by atoms with Gasteiger partial charge in [0.05, 0.1) is 51.1 Å². The maximum atomic E-state index is 11.9. The van der Waals surface area contributed by atoms with Crippen molar-refractivity contribution in [1.29, 1.82) is 0 Å². The van der Waals surface area contributed by atoms with Crippen LogP contribution in [0.2, 0.25) is 0 Å². The lowest BCUT2D eigenvalue weighted by Gasteiger charge is -2.08. The van der Waals surface area contributed by atoms with E-state index in [1.165, 1.54) is 12.1 Å². The van der Waals surface area contributed by atoms with Crippen LogP contribution in [-0.4, -0.2) is 61.2 Å². The minimum Gasteiger partial charge on any atom is -0.379 e. The lowest BCUT2D eigenvalue weighted by atomic mass is 10.2. The van der Waals surface area contributed by atoms with Gasteiger partial charge in [-0.2, -0.15) is 8.42 Å². The Kier molecular flexibility index (Phi) is 10.8. The van der Waals surface area contributed by atoms with Crippen molar-refractivity contribution in [3.8, 4) is 0 Å². The lowest BCUT2D eigenvalue weighted by Crippen LogP contribution is -2.14. The SMILES string of the molecule is Cc1ccc(S(=O)(=O)OCCOCCOCCOCCN=[N+]=[N-])cc1. The average molecular weight is 373 g/mol. The van der Waals surface area contributed by atoms with Gasteiger partial charge in [-0.25, -0.2) is 0 Å². The van der Waals surface area contributed by atoms with Crippen molar-refractivity contribution in [3.63, 3.8) is 0 Å². The van der Waals surface area contributed by atoms with E-state index in [1.807, 2.05) is 6.92 Å². The smallest absolute Gasteiger partial charge is 0.297 e. The molecular formula is C15H23N3O6S. The molecule has 0 amide bonds. The first-order valence-electron chi connectivity index (χ1n) is 7.76. The topological polar surface area (TPSA) is 120 Å². The van der Waals surface area contributed by atoms with Crippen LogP contribution in [0.25, 0.3) is 10.4 Å². The predicted molar refractivity (Wildman–Crippen MR) is 90.8 cm³/mol. The van der Waals surface area contributed by atoms with Crippen molar-refractivity contribution in [2.24, 2.45) is 5.11 Å². The molecule has 10 heteroatoms. The van der Waals surface area contributed by atoms with E-state index in [0.717, 1.165) is 5.56 Å². The van der Waals surface area contributed by atoms with Crippen LogP contribution in [0, 0.1) is 6.92 Å². The normalized spacial score (nSPS) is 11.2. The third kappa shape index (κ3) is 10.0. The molecule has 1 aromatic rings. The summed E-state index contributed by atoms with van der Waals surface area (Å²) in [4.78, 5) is 2.73. The summed E-state index contributed by atoms with van der Waals surface area (Å²) in [6.07, 6.45) is 0. The molecule has 1 aromatic carbocycles. The van der Waals surface area contributed by atoms with Crippen molar-refractivity contribution in [2.45, 2.75) is 11.8 Å². The highest BCUT2D eigenvalue weighted by atomic mass is 32.2. The fourth-order valence-electron chi connectivity index (χ4n) is 1.67. The molecule has 0 spiro atoms. The number of nitrogens with zero attached hydrogens (tertiary/aromatic N) is 3. The standard InChI is InChI=1S/C15H23N3O6S/c1-14-2-4-15(5-3-14)25(19,20)24-13-12-23-11-10-22-9-8-21-7-6-17-18-16/h2-5H,6-13H2,1H3. The van der Waals surface area contributed by atoms with Crippen LogP contribution < -0.4 is 0 Å². The number of azide groups is 1. The Morgan fingerprint density at radius 2 is 1.44 bits per heavy atom. The summed E-state index contributed by atoms with van der Waals surface area (Å²) < 4.78 is 44.3. The highest BCUT2D eigenvalue weighted by Crippen LogP contribution is 2.12. The molecular weight excluding hydrogens is 350 g/mol. The molecule has 0 aliphatic carbocycles. The van der Waals surface area contributed by atoms with Crippen molar-refractivity contribution in [3.05, 3.63) is 40.3 Å². The molecule has 0 saturated heterocycles. The number of hydrogen-bond donors (Lipinski definition) is 0. The minimum absolute atomic E-state index is 0.0568. The van der Waals surface area contributed by atoms with Gasteiger partial charge in [-0.15, -0.1) is 0 Å². The Morgan fingerprint density at radius 1 is 0.920 bits per heavy atom. The minimum atomic E-state index is -3.75. The molecule has 25 heavy (non-hydrogen) atoms. The zero-order chi connectivity index (χ0) is 18.4. The van der Waals surface area contributed by atoms with Crippen LogP contribution in [0.4, 0.5) is 0 Å². The number of hydrogen-bond acceptors (Lipinski definition) is 7. The largest absolute Gasteiger partial charge is 0.379 e. The Balaban J connectivity index is 1.99. The van der Waals surface area contributed by atoms with Crippen LogP contribution in [0.15, 0.2) is 34.3 Å². The van der Waals surface area contributed by atoms with E-state index < -0.39 is 10.1 Å². The van der Waals surface area contributed by atoms with E-state index in [1.54, 1.807) is 12.1 Å². The monoisotopic (exact) mass is 373 g/mol. The molecule has 140 valence electrons. The zero-order valence-electron chi connectivity index (χ0n) is 14.2. The van der Waals surface area contributed by atoms with Gasteiger partial charge in [-0.3, -0.25) is 4.18 Å². The number of aryl methyl sites for hydroxylation is 1. The quantitative estimate of drug-likeness (QED) is 0.162. The average Bonchev–Trinajstić information content (AvgIpc) is 2.59. The van der Waals surface area contributed by atoms with Gasteiger partial charge in [0.2, 0.25) is 0 Å². The maximum absolute atomic E-state index is 11.9. The van der Waals surface area contributed by atoms with Crippen molar-refractivity contribution < 1.29 is 26.8 Å². The molecule has 9 nitrogen and oxygen atoms in total. The summed E-state index contributed by atoms with van der Waals surface area (Å²) in [5.74, 6) is 0. The number of rotatable bonds is 14. The Labute approximate surface area is 147 Å². The second-order valence-corrected chi connectivity index (χ2v) is 6.50. The van der Waals surface area contributed by atoms with E-state index in [4.69, 9.17) is 23.9 Å². The van der Waals surface area contributed by atoms with E-state index in [9.17, 15) is 8.42 Å². The molecule has 0 radical (unpaired) electrons. The van der Waals surface area contributed by atoms with Gasteiger partial charge in [0.1, 0.15) is 0 Å². The molecule has 0 aliphatic heterocycles. The summed E-state index contributed by atoms with van der Waals surface area (Å²) in [6.45, 7) is 4.12. The van der Waals surface area contributed by atoms with E-state index in [-0.39, 0.29) is 18.1 Å². The summed E-state index contributed by atoms with van der Waals surface area (Å²) in [6, 6.07) is 6.44. The highest BCUT2D eigenvalue weighted by Gasteiger charge is 2.14. The number of benzene rings is 1.